The van der Waals surface area contributed by atoms with E-state index in [1.807, 2.05) is 60.7 Å². The third-order valence-corrected chi connectivity index (χ3v) is 3.35. The fraction of sp³-hybridized carbons (Fsp3) is 0.133. The highest BCUT2D eigenvalue weighted by Gasteiger charge is 2.51. The zero-order valence-corrected chi connectivity index (χ0v) is 9.86. The average Bonchev–Trinajstić information content (AvgIpc) is 3.16. The minimum Gasteiger partial charge on any atom is -0.351 e. The molecule has 2 atom stereocenters. The van der Waals surface area contributed by atoms with Crippen LogP contribution in [0.5, 0.6) is 0 Å². The van der Waals surface area contributed by atoms with Crippen LogP contribution in [0.1, 0.15) is 23.2 Å². The van der Waals surface area contributed by atoms with Crippen LogP contribution < -0.4 is 5.73 Å². The van der Waals surface area contributed by atoms with Gasteiger partial charge in [-0.1, -0.05) is 60.7 Å². The molecule has 90 valence electrons. The predicted octanol–water partition coefficient (Wildman–Crippen LogP) is 2.86. The van der Waals surface area contributed by atoms with Crippen molar-refractivity contribution < 1.29 is 4.79 Å². The van der Waals surface area contributed by atoms with Crippen molar-refractivity contribution in [1.29, 1.82) is 0 Å². The van der Waals surface area contributed by atoms with Gasteiger partial charge in [-0.15, -0.1) is 0 Å². The number of carbonyl (C=O) groups excluding carboxylic acids is 1. The third kappa shape index (κ3) is 1.74. The molecule has 2 N–H and O–H groups in total. The Kier molecular flexibility index (Phi) is 2.52. The van der Waals surface area contributed by atoms with E-state index >= 15 is 0 Å². The van der Waals surface area contributed by atoms with Gasteiger partial charge in [0.2, 0.25) is 0 Å². The van der Waals surface area contributed by atoms with Crippen LogP contribution in [-0.2, 0) is 0 Å². The van der Waals surface area contributed by atoms with Gasteiger partial charge < -0.3 is 10.6 Å². The number of benzene rings is 2. The molecule has 3 heteroatoms. The van der Waals surface area contributed by atoms with Crippen LogP contribution in [0.2, 0.25) is 0 Å². The van der Waals surface area contributed by atoms with E-state index in [-0.39, 0.29) is 18.1 Å². The summed E-state index contributed by atoms with van der Waals surface area (Å²) in [5.41, 5.74) is 7.70. The number of hydrogen-bond acceptors (Lipinski definition) is 1. The van der Waals surface area contributed by atoms with Crippen LogP contribution in [0.15, 0.2) is 60.7 Å². The molecule has 1 aliphatic heterocycles. The Morgan fingerprint density at radius 3 is 1.56 bits per heavy atom. The summed E-state index contributed by atoms with van der Waals surface area (Å²) in [7, 11) is 0. The summed E-state index contributed by atoms with van der Waals surface area (Å²) in [6.45, 7) is 0. The number of urea groups is 1. The third-order valence-electron chi connectivity index (χ3n) is 3.35. The van der Waals surface area contributed by atoms with Gasteiger partial charge in [0.25, 0.3) is 0 Å². The van der Waals surface area contributed by atoms with E-state index in [0.29, 0.717) is 0 Å². The van der Waals surface area contributed by atoms with Crippen molar-refractivity contribution >= 4 is 6.03 Å². The SMILES string of the molecule is NC(=O)N1[C@H](c2ccccc2)[C@@H]1c1ccccc1. The van der Waals surface area contributed by atoms with Crippen molar-refractivity contribution in [3.05, 3.63) is 71.8 Å². The molecule has 3 nitrogen and oxygen atoms in total. The van der Waals surface area contributed by atoms with E-state index in [9.17, 15) is 4.79 Å². The minimum atomic E-state index is -0.363. The van der Waals surface area contributed by atoms with Gasteiger partial charge in [-0.3, -0.25) is 0 Å². The second kappa shape index (κ2) is 4.18. The topological polar surface area (TPSA) is 46.1 Å². The lowest BCUT2D eigenvalue weighted by Crippen LogP contribution is -2.19. The van der Waals surface area contributed by atoms with Gasteiger partial charge in [0.1, 0.15) is 0 Å². The summed E-state index contributed by atoms with van der Waals surface area (Å²) < 4.78 is 0. The van der Waals surface area contributed by atoms with E-state index in [4.69, 9.17) is 5.73 Å². The lowest BCUT2D eigenvalue weighted by molar-refractivity contribution is 0.234. The second-order valence-electron chi connectivity index (χ2n) is 4.46. The smallest absolute Gasteiger partial charge is 0.315 e. The number of rotatable bonds is 2. The van der Waals surface area contributed by atoms with Crippen LogP contribution in [0.4, 0.5) is 4.79 Å². The van der Waals surface area contributed by atoms with Crippen molar-refractivity contribution in [3.8, 4) is 0 Å². The van der Waals surface area contributed by atoms with Gasteiger partial charge in [-0.2, -0.15) is 0 Å². The molecule has 1 saturated heterocycles. The average molecular weight is 238 g/mol. The van der Waals surface area contributed by atoms with Crippen LogP contribution in [0.25, 0.3) is 0 Å². The molecule has 2 amide bonds. The zero-order valence-electron chi connectivity index (χ0n) is 9.86. The molecule has 0 unspecified atom stereocenters. The largest absolute Gasteiger partial charge is 0.351 e. The van der Waals surface area contributed by atoms with E-state index in [1.54, 1.807) is 4.90 Å². The molecule has 18 heavy (non-hydrogen) atoms. The molecule has 1 aliphatic rings. The first kappa shape index (κ1) is 10.8. The molecular formula is C15H14N2O. The van der Waals surface area contributed by atoms with Gasteiger partial charge in [0.15, 0.2) is 0 Å². The first-order valence-corrected chi connectivity index (χ1v) is 5.96. The summed E-state index contributed by atoms with van der Waals surface area (Å²) in [6, 6.07) is 19.8. The van der Waals surface area contributed by atoms with E-state index in [2.05, 4.69) is 0 Å². The Hall–Kier alpha value is -2.29. The van der Waals surface area contributed by atoms with Crippen molar-refractivity contribution in [2.75, 3.05) is 0 Å². The fourth-order valence-electron chi connectivity index (χ4n) is 2.49. The summed E-state index contributed by atoms with van der Waals surface area (Å²) in [4.78, 5) is 13.2. The Balaban J connectivity index is 1.94. The quantitative estimate of drug-likeness (QED) is 0.803. The highest BCUT2D eigenvalue weighted by molar-refractivity contribution is 5.77. The molecular weight excluding hydrogens is 224 g/mol. The van der Waals surface area contributed by atoms with Gasteiger partial charge in [0, 0.05) is 0 Å². The maximum Gasteiger partial charge on any atom is 0.315 e. The Morgan fingerprint density at radius 1 is 0.833 bits per heavy atom. The predicted molar refractivity (Wildman–Crippen MR) is 69.8 cm³/mol. The van der Waals surface area contributed by atoms with E-state index < -0.39 is 0 Å². The van der Waals surface area contributed by atoms with Gasteiger partial charge in [-0.25, -0.2) is 4.79 Å². The molecule has 2 aromatic rings. The monoisotopic (exact) mass is 238 g/mol. The number of nitrogens with two attached hydrogens (primary N) is 1. The van der Waals surface area contributed by atoms with Crippen LogP contribution in [-0.4, -0.2) is 10.9 Å². The number of nitrogens with zero attached hydrogens (tertiary/aromatic N) is 1. The van der Waals surface area contributed by atoms with E-state index in [0.717, 1.165) is 11.1 Å². The fourth-order valence-corrected chi connectivity index (χ4v) is 2.49. The van der Waals surface area contributed by atoms with Gasteiger partial charge >= 0.3 is 6.03 Å². The summed E-state index contributed by atoms with van der Waals surface area (Å²) >= 11 is 0. The molecule has 0 radical (unpaired) electrons. The normalized spacial score (nSPS) is 21.7. The van der Waals surface area contributed by atoms with Crippen molar-refractivity contribution in [1.82, 2.24) is 4.90 Å². The van der Waals surface area contributed by atoms with Gasteiger partial charge in [-0.05, 0) is 11.1 Å². The molecule has 0 spiro atoms. The van der Waals surface area contributed by atoms with Crippen molar-refractivity contribution in [2.24, 2.45) is 5.73 Å². The number of hydrogen-bond donors (Lipinski definition) is 1. The maximum atomic E-state index is 11.5. The number of primary amides is 1. The molecule has 0 aromatic heterocycles. The molecule has 1 heterocycles. The standard InChI is InChI=1S/C15H14N2O/c16-15(18)17-13(11-7-3-1-4-8-11)14(17)12-9-5-2-6-10-12/h1-10,13-14H,(H2,16,18)/t13-,14+,17?. The first-order chi connectivity index (χ1) is 8.79. The number of carbonyl (C=O) groups is 1. The first-order valence-electron chi connectivity index (χ1n) is 5.96. The molecule has 3 rings (SSSR count). The lowest BCUT2D eigenvalue weighted by atomic mass is 10.0. The maximum absolute atomic E-state index is 11.5. The molecule has 2 aromatic carbocycles. The lowest BCUT2D eigenvalue weighted by Gasteiger charge is -1.98. The highest BCUT2D eigenvalue weighted by atomic mass is 16.2. The molecule has 0 saturated carbocycles. The second-order valence-corrected chi connectivity index (χ2v) is 4.46. The van der Waals surface area contributed by atoms with Gasteiger partial charge in [0.05, 0.1) is 12.1 Å². The minimum absolute atomic E-state index is 0.0751. The molecule has 0 bridgehead atoms. The Morgan fingerprint density at radius 2 is 1.22 bits per heavy atom. The number of amides is 2. The summed E-state index contributed by atoms with van der Waals surface area (Å²) in [5.74, 6) is 0. The Bertz CT molecular complexity index is 508. The van der Waals surface area contributed by atoms with Crippen LogP contribution in [0, 0.1) is 0 Å². The van der Waals surface area contributed by atoms with Crippen LogP contribution in [0.3, 0.4) is 0 Å². The summed E-state index contributed by atoms with van der Waals surface area (Å²) in [6.07, 6.45) is 0. The van der Waals surface area contributed by atoms with Crippen LogP contribution >= 0.6 is 0 Å². The Labute approximate surface area is 106 Å². The highest BCUT2D eigenvalue weighted by Crippen LogP contribution is 2.53. The van der Waals surface area contributed by atoms with E-state index in [1.165, 1.54) is 0 Å². The summed E-state index contributed by atoms with van der Waals surface area (Å²) in [5, 5.41) is 0. The van der Waals surface area contributed by atoms with Crippen molar-refractivity contribution in [3.63, 3.8) is 0 Å². The molecule has 1 fully saturated rings. The zero-order chi connectivity index (χ0) is 12.5. The van der Waals surface area contributed by atoms with Crippen molar-refractivity contribution in [2.45, 2.75) is 12.1 Å². The molecule has 0 aliphatic carbocycles.